The molecule has 0 aliphatic rings. The summed E-state index contributed by atoms with van der Waals surface area (Å²) < 4.78 is 26.1. The summed E-state index contributed by atoms with van der Waals surface area (Å²) in [5.41, 5.74) is 7.81. The van der Waals surface area contributed by atoms with E-state index in [1.54, 1.807) is 17.5 Å². The van der Waals surface area contributed by atoms with E-state index >= 15 is 0 Å². The Morgan fingerprint density at radius 2 is 2.00 bits per heavy atom. The van der Waals surface area contributed by atoms with E-state index in [4.69, 9.17) is 5.73 Å². The molecule has 0 saturated heterocycles. The molecule has 3 N–H and O–H groups in total. The number of thiophene rings is 1. The first-order chi connectivity index (χ1) is 10.9. The summed E-state index contributed by atoms with van der Waals surface area (Å²) in [5.74, 6) is 0.260. The van der Waals surface area contributed by atoms with Gasteiger partial charge < -0.3 is 11.1 Å². The summed E-state index contributed by atoms with van der Waals surface area (Å²) in [6.07, 6.45) is 0. The monoisotopic (exact) mass is 352 g/mol. The van der Waals surface area contributed by atoms with E-state index in [0.717, 1.165) is 11.3 Å². The second kappa shape index (κ2) is 7.58. The molecule has 1 heterocycles. The van der Waals surface area contributed by atoms with Gasteiger partial charge in [0.1, 0.15) is 4.21 Å². The minimum absolute atomic E-state index is 0.260. The number of nitrogens with zero attached hydrogens (tertiary/aromatic N) is 2. The van der Waals surface area contributed by atoms with Crippen molar-refractivity contribution in [3.05, 3.63) is 47.3 Å². The van der Waals surface area contributed by atoms with Gasteiger partial charge in [0.25, 0.3) is 10.0 Å². The molecule has 1 aromatic heterocycles. The molecule has 0 bridgehead atoms. The molecule has 2 rings (SSSR count). The molecule has 0 unspecified atom stereocenters. The third-order valence-electron chi connectivity index (χ3n) is 3.18. The number of nitrogens with two attached hydrogens (primary N) is 1. The first kappa shape index (κ1) is 17.5. The molecule has 23 heavy (non-hydrogen) atoms. The Bertz CT molecular complexity index is 753. The largest absolute Gasteiger partial charge is 0.370 e. The smallest absolute Gasteiger partial charge is 0.252 e. The molecule has 1 aromatic carbocycles. The number of rotatable bonds is 6. The quantitative estimate of drug-likeness (QED) is 0.616. The van der Waals surface area contributed by atoms with Crippen molar-refractivity contribution in [1.29, 1.82) is 0 Å². The zero-order valence-electron chi connectivity index (χ0n) is 13.1. The fraction of sp³-hybridized carbons (Fsp3) is 0.267. The Balaban J connectivity index is 1.89. The highest BCUT2D eigenvalue weighted by Crippen LogP contribution is 2.19. The maximum atomic E-state index is 12.2. The molecule has 0 saturated carbocycles. The molecule has 2 aromatic rings. The number of sulfonamides is 1. The molecule has 0 spiro atoms. The van der Waals surface area contributed by atoms with Gasteiger partial charge in [-0.3, -0.25) is 4.99 Å². The van der Waals surface area contributed by atoms with E-state index in [1.807, 2.05) is 31.2 Å². The van der Waals surface area contributed by atoms with Crippen LogP contribution >= 0.6 is 11.3 Å². The molecule has 0 aliphatic heterocycles. The van der Waals surface area contributed by atoms with Crippen molar-refractivity contribution in [2.75, 3.05) is 25.5 Å². The fourth-order valence-electron chi connectivity index (χ4n) is 1.82. The third kappa shape index (κ3) is 4.78. The van der Waals surface area contributed by atoms with E-state index in [0.29, 0.717) is 4.21 Å². The van der Waals surface area contributed by atoms with Gasteiger partial charge in [-0.2, -0.15) is 4.31 Å². The van der Waals surface area contributed by atoms with Crippen molar-refractivity contribution < 1.29 is 8.42 Å². The number of hydrogen-bond donors (Lipinski definition) is 2. The number of anilines is 1. The average Bonchev–Trinajstić information content (AvgIpc) is 3.04. The topological polar surface area (TPSA) is 87.8 Å². The lowest BCUT2D eigenvalue weighted by molar-refractivity contribution is 0.479. The molecule has 0 atom stereocenters. The molecule has 124 valence electrons. The van der Waals surface area contributed by atoms with Crippen molar-refractivity contribution in [2.24, 2.45) is 10.7 Å². The van der Waals surface area contributed by atoms with E-state index in [1.165, 1.54) is 22.7 Å². The second-order valence-corrected chi connectivity index (χ2v) is 8.24. The summed E-state index contributed by atoms with van der Waals surface area (Å²) in [6.45, 7) is 2.55. The van der Waals surface area contributed by atoms with Crippen LogP contribution in [0, 0.1) is 6.92 Å². The summed E-state index contributed by atoms with van der Waals surface area (Å²) in [4.78, 5) is 4.16. The van der Waals surface area contributed by atoms with Gasteiger partial charge in [-0.05, 0) is 30.5 Å². The number of benzene rings is 1. The predicted molar refractivity (Wildman–Crippen MR) is 95.4 cm³/mol. The highest BCUT2D eigenvalue weighted by Gasteiger charge is 2.20. The third-order valence-corrected chi connectivity index (χ3v) is 6.41. The van der Waals surface area contributed by atoms with Crippen LogP contribution in [-0.2, 0) is 10.0 Å². The van der Waals surface area contributed by atoms with E-state index in [9.17, 15) is 8.42 Å². The lowest BCUT2D eigenvalue weighted by atomic mass is 10.2. The highest BCUT2D eigenvalue weighted by molar-refractivity contribution is 7.91. The summed E-state index contributed by atoms with van der Waals surface area (Å²) in [7, 11) is -1.90. The SMILES string of the molecule is Cc1ccc(NC(N)=NCCN(C)S(=O)(=O)c2cccs2)cc1. The van der Waals surface area contributed by atoms with Crippen molar-refractivity contribution in [2.45, 2.75) is 11.1 Å². The van der Waals surface area contributed by atoms with Crippen LogP contribution < -0.4 is 11.1 Å². The van der Waals surface area contributed by atoms with Gasteiger partial charge in [0.15, 0.2) is 5.96 Å². The number of likely N-dealkylation sites (N-methyl/N-ethyl adjacent to an activating group) is 1. The second-order valence-electron chi connectivity index (χ2n) is 5.02. The van der Waals surface area contributed by atoms with Crippen molar-refractivity contribution >= 4 is 33.0 Å². The minimum atomic E-state index is -3.44. The minimum Gasteiger partial charge on any atom is -0.370 e. The first-order valence-electron chi connectivity index (χ1n) is 7.03. The Morgan fingerprint density at radius 3 is 2.61 bits per heavy atom. The molecule has 0 fully saturated rings. The molecular weight excluding hydrogens is 332 g/mol. The summed E-state index contributed by atoms with van der Waals surface area (Å²) >= 11 is 1.20. The van der Waals surface area contributed by atoms with E-state index in [2.05, 4.69) is 10.3 Å². The molecule has 0 amide bonds. The normalized spacial score (nSPS) is 12.6. The lowest BCUT2D eigenvalue weighted by Crippen LogP contribution is -2.30. The van der Waals surface area contributed by atoms with Crippen molar-refractivity contribution in [1.82, 2.24) is 4.31 Å². The van der Waals surface area contributed by atoms with Gasteiger partial charge in [0, 0.05) is 19.3 Å². The molecule has 6 nitrogen and oxygen atoms in total. The molecule has 0 aliphatic carbocycles. The van der Waals surface area contributed by atoms with Crippen LogP contribution in [0.2, 0.25) is 0 Å². The zero-order valence-corrected chi connectivity index (χ0v) is 14.7. The van der Waals surface area contributed by atoms with Crippen LogP contribution in [0.3, 0.4) is 0 Å². The molecule has 8 heteroatoms. The fourth-order valence-corrected chi connectivity index (χ4v) is 4.18. The van der Waals surface area contributed by atoms with Gasteiger partial charge in [-0.1, -0.05) is 23.8 Å². The van der Waals surface area contributed by atoms with Gasteiger partial charge in [-0.15, -0.1) is 11.3 Å². The van der Waals surface area contributed by atoms with Crippen LogP contribution in [0.4, 0.5) is 5.69 Å². The number of guanidine groups is 1. The van der Waals surface area contributed by atoms with Crippen LogP contribution in [0.5, 0.6) is 0 Å². The van der Waals surface area contributed by atoms with E-state index < -0.39 is 10.0 Å². The highest BCUT2D eigenvalue weighted by atomic mass is 32.2. The number of aryl methyl sites for hydroxylation is 1. The predicted octanol–water partition coefficient (Wildman–Crippen LogP) is 2.10. The summed E-state index contributed by atoms with van der Waals surface area (Å²) in [5, 5.41) is 4.71. The maximum Gasteiger partial charge on any atom is 0.252 e. The molecule has 0 radical (unpaired) electrons. The Kier molecular flexibility index (Phi) is 5.75. The summed E-state index contributed by atoms with van der Waals surface area (Å²) in [6, 6.07) is 11.1. The van der Waals surface area contributed by atoms with Crippen LogP contribution in [-0.4, -0.2) is 38.8 Å². The average molecular weight is 352 g/mol. The number of nitrogens with one attached hydrogen (secondary N) is 1. The van der Waals surface area contributed by atoms with Gasteiger partial charge in [0.05, 0.1) is 6.54 Å². The lowest BCUT2D eigenvalue weighted by Gasteiger charge is -2.14. The van der Waals surface area contributed by atoms with Gasteiger partial charge in [0.2, 0.25) is 0 Å². The first-order valence-corrected chi connectivity index (χ1v) is 9.35. The number of aliphatic imine (C=N–C) groups is 1. The maximum absolute atomic E-state index is 12.2. The van der Waals surface area contributed by atoms with E-state index in [-0.39, 0.29) is 19.0 Å². The van der Waals surface area contributed by atoms with Gasteiger partial charge in [-0.25, -0.2) is 8.42 Å². The Hall–Kier alpha value is -1.90. The van der Waals surface area contributed by atoms with Gasteiger partial charge >= 0.3 is 0 Å². The number of hydrogen-bond acceptors (Lipinski definition) is 4. The van der Waals surface area contributed by atoms with Crippen LogP contribution in [0.15, 0.2) is 51.0 Å². The standard InChI is InChI=1S/C15H20N4O2S2/c1-12-5-7-13(8-6-12)18-15(16)17-9-10-19(2)23(20,21)14-4-3-11-22-14/h3-8,11H,9-10H2,1-2H3,(H3,16,17,18). The Morgan fingerprint density at radius 1 is 1.30 bits per heavy atom. The molecular formula is C15H20N4O2S2. The zero-order chi connectivity index (χ0) is 16.9. The van der Waals surface area contributed by atoms with Crippen LogP contribution in [0.25, 0.3) is 0 Å². The Labute approximate surface area is 140 Å². The van der Waals surface area contributed by atoms with Crippen molar-refractivity contribution in [3.8, 4) is 0 Å². The van der Waals surface area contributed by atoms with Crippen LogP contribution in [0.1, 0.15) is 5.56 Å². The van der Waals surface area contributed by atoms with Crippen molar-refractivity contribution in [3.63, 3.8) is 0 Å².